The van der Waals surface area contributed by atoms with Gasteiger partial charge in [0.1, 0.15) is 0 Å². The Hall–Kier alpha value is -1.01. The third-order valence-corrected chi connectivity index (χ3v) is 4.55. The highest BCUT2D eigenvalue weighted by Gasteiger charge is 2.19. The van der Waals surface area contributed by atoms with E-state index in [-0.39, 0.29) is 30.7 Å². The molecular weight excluding hydrogens is 359 g/mol. The zero-order chi connectivity index (χ0) is 16.8. The van der Waals surface area contributed by atoms with E-state index >= 15 is 0 Å². The second kappa shape index (κ2) is 11.6. The molecule has 1 amide bonds. The molecule has 3 N–H and O–H groups in total. The molecule has 1 fully saturated rings. The summed E-state index contributed by atoms with van der Waals surface area (Å²) in [6, 6.07) is 8.52. The molecule has 1 aliphatic rings. The third kappa shape index (κ3) is 7.02. The van der Waals surface area contributed by atoms with Gasteiger partial charge in [-0.1, -0.05) is 6.92 Å². The average molecular weight is 391 g/mol. The first-order valence-electron chi connectivity index (χ1n) is 8.58. The molecule has 1 heterocycles. The number of benzene rings is 1. The number of nitrogens with one attached hydrogen (secondary N) is 1. The van der Waals surface area contributed by atoms with E-state index in [0.29, 0.717) is 30.6 Å². The van der Waals surface area contributed by atoms with Gasteiger partial charge in [0.25, 0.3) is 5.91 Å². The maximum absolute atomic E-state index is 12.1. The number of nitrogens with two attached hydrogens (primary N) is 1. The van der Waals surface area contributed by atoms with Crippen LogP contribution in [0.3, 0.4) is 0 Å². The number of piperazine rings is 1. The van der Waals surface area contributed by atoms with Crippen LogP contribution in [0.1, 0.15) is 31.1 Å². The second-order valence-corrected chi connectivity index (χ2v) is 6.71. The lowest BCUT2D eigenvalue weighted by Crippen LogP contribution is -2.48. The van der Waals surface area contributed by atoms with Crippen LogP contribution in [0.25, 0.3) is 0 Å². The Bertz CT molecular complexity index is 502. The van der Waals surface area contributed by atoms with Crippen molar-refractivity contribution in [1.82, 2.24) is 10.2 Å². The Morgan fingerprint density at radius 1 is 1.08 bits per heavy atom. The minimum atomic E-state index is -0.0264. The van der Waals surface area contributed by atoms with Gasteiger partial charge in [0.15, 0.2) is 0 Å². The zero-order valence-corrected chi connectivity index (χ0v) is 17.0. The summed E-state index contributed by atoms with van der Waals surface area (Å²) in [6.07, 6.45) is 0. The van der Waals surface area contributed by atoms with Crippen molar-refractivity contribution >= 4 is 36.4 Å². The van der Waals surface area contributed by atoms with Gasteiger partial charge in [-0.2, -0.15) is 0 Å². The summed E-state index contributed by atoms with van der Waals surface area (Å²) in [5.74, 6) is 0.275. The number of nitrogens with zero attached hydrogens (tertiary/aromatic N) is 2. The van der Waals surface area contributed by atoms with Gasteiger partial charge in [0, 0.05) is 50.0 Å². The minimum absolute atomic E-state index is 0. The predicted octanol–water partition coefficient (Wildman–Crippen LogP) is 2.39. The lowest BCUT2D eigenvalue weighted by atomic mass is 10.1. The minimum Gasteiger partial charge on any atom is -0.369 e. The third-order valence-electron chi connectivity index (χ3n) is 4.55. The van der Waals surface area contributed by atoms with Crippen LogP contribution >= 0.6 is 24.8 Å². The summed E-state index contributed by atoms with van der Waals surface area (Å²) in [4.78, 5) is 17.0. The molecule has 25 heavy (non-hydrogen) atoms. The highest BCUT2D eigenvalue weighted by atomic mass is 35.5. The van der Waals surface area contributed by atoms with Gasteiger partial charge in [-0.05, 0) is 50.6 Å². The number of anilines is 1. The van der Waals surface area contributed by atoms with Crippen LogP contribution in [0.2, 0.25) is 0 Å². The van der Waals surface area contributed by atoms with Crippen molar-refractivity contribution in [2.45, 2.75) is 26.8 Å². The second-order valence-electron chi connectivity index (χ2n) is 6.71. The first kappa shape index (κ1) is 24.0. The van der Waals surface area contributed by atoms with E-state index in [1.807, 2.05) is 31.2 Å². The zero-order valence-electron chi connectivity index (χ0n) is 15.4. The molecule has 1 saturated heterocycles. The highest BCUT2D eigenvalue weighted by molar-refractivity contribution is 5.94. The molecule has 0 radical (unpaired) electrons. The van der Waals surface area contributed by atoms with Crippen LogP contribution in [-0.4, -0.2) is 56.1 Å². The van der Waals surface area contributed by atoms with Crippen molar-refractivity contribution in [2.75, 3.05) is 44.2 Å². The quantitative estimate of drug-likeness (QED) is 0.782. The van der Waals surface area contributed by atoms with E-state index in [0.717, 1.165) is 26.2 Å². The molecule has 1 aromatic rings. The summed E-state index contributed by atoms with van der Waals surface area (Å²) in [7, 11) is 0. The predicted molar refractivity (Wildman–Crippen MR) is 110 cm³/mol. The molecular formula is C18H32Cl2N4O. The number of halogens is 2. The van der Waals surface area contributed by atoms with E-state index < -0.39 is 0 Å². The van der Waals surface area contributed by atoms with E-state index in [1.54, 1.807) is 0 Å². The van der Waals surface area contributed by atoms with Gasteiger partial charge in [-0.25, -0.2) is 0 Å². The molecule has 0 aromatic heterocycles. The summed E-state index contributed by atoms with van der Waals surface area (Å²) >= 11 is 0. The average Bonchev–Trinajstić information content (AvgIpc) is 2.59. The topological polar surface area (TPSA) is 61.6 Å². The van der Waals surface area contributed by atoms with Crippen molar-refractivity contribution < 1.29 is 4.79 Å². The largest absolute Gasteiger partial charge is 0.369 e. The van der Waals surface area contributed by atoms with Crippen molar-refractivity contribution in [3.63, 3.8) is 0 Å². The van der Waals surface area contributed by atoms with Gasteiger partial charge < -0.3 is 16.0 Å². The van der Waals surface area contributed by atoms with Crippen LogP contribution in [0, 0.1) is 5.92 Å². The first-order chi connectivity index (χ1) is 11.0. The molecule has 0 saturated carbocycles. The van der Waals surface area contributed by atoms with Crippen LogP contribution in [0.15, 0.2) is 24.3 Å². The Morgan fingerprint density at radius 2 is 1.64 bits per heavy atom. The molecule has 1 aliphatic heterocycles. The molecule has 7 heteroatoms. The fraction of sp³-hybridized carbons (Fsp3) is 0.611. The molecule has 0 aliphatic carbocycles. The molecule has 144 valence electrons. The molecule has 0 spiro atoms. The summed E-state index contributed by atoms with van der Waals surface area (Å²) in [6.45, 7) is 12.0. The lowest BCUT2D eigenvalue weighted by Gasteiger charge is -2.38. The number of carbonyl (C=O) groups excluding carboxylic acids is 1. The standard InChI is InChI=1S/C18H30N4O.2ClH/c1-14(2)21-8-10-22(11-9-21)17-6-4-16(5-7-17)18(23)20-13-15(3)12-19;;/h4-7,14-15H,8-13,19H2,1-3H3,(H,20,23);2*1H. The molecule has 1 unspecified atom stereocenters. The van der Waals surface area contributed by atoms with Gasteiger partial charge in [0.2, 0.25) is 0 Å². The van der Waals surface area contributed by atoms with Crippen LogP contribution in [0.5, 0.6) is 0 Å². The smallest absolute Gasteiger partial charge is 0.251 e. The van der Waals surface area contributed by atoms with Crippen LogP contribution < -0.4 is 16.0 Å². The van der Waals surface area contributed by atoms with Gasteiger partial charge >= 0.3 is 0 Å². The van der Waals surface area contributed by atoms with E-state index in [2.05, 4.69) is 29.0 Å². The fourth-order valence-corrected chi connectivity index (χ4v) is 2.77. The van der Waals surface area contributed by atoms with Crippen LogP contribution in [0.4, 0.5) is 5.69 Å². The van der Waals surface area contributed by atoms with Crippen molar-refractivity contribution in [3.8, 4) is 0 Å². The molecule has 5 nitrogen and oxygen atoms in total. The summed E-state index contributed by atoms with van der Waals surface area (Å²) in [5.41, 5.74) is 7.47. The lowest BCUT2D eigenvalue weighted by molar-refractivity contribution is 0.0948. The summed E-state index contributed by atoms with van der Waals surface area (Å²) < 4.78 is 0. The Labute approximate surface area is 164 Å². The van der Waals surface area contributed by atoms with E-state index in [9.17, 15) is 4.79 Å². The van der Waals surface area contributed by atoms with Gasteiger partial charge in [-0.3, -0.25) is 9.69 Å². The van der Waals surface area contributed by atoms with Gasteiger partial charge in [0.05, 0.1) is 0 Å². The Kier molecular flexibility index (Phi) is 11.1. The van der Waals surface area contributed by atoms with Crippen molar-refractivity contribution in [1.29, 1.82) is 0 Å². The number of hydrogen-bond acceptors (Lipinski definition) is 4. The van der Waals surface area contributed by atoms with E-state index in [4.69, 9.17) is 5.73 Å². The monoisotopic (exact) mass is 390 g/mol. The molecule has 2 rings (SSSR count). The number of rotatable bonds is 6. The number of amides is 1. The number of carbonyl (C=O) groups is 1. The normalized spacial score (nSPS) is 16.0. The SMILES string of the molecule is CC(CN)CNC(=O)c1ccc(N2CCN(C(C)C)CC2)cc1.Cl.Cl. The first-order valence-corrected chi connectivity index (χ1v) is 8.58. The molecule has 0 bridgehead atoms. The van der Waals surface area contributed by atoms with E-state index in [1.165, 1.54) is 5.69 Å². The summed E-state index contributed by atoms with van der Waals surface area (Å²) in [5, 5.41) is 2.93. The van der Waals surface area contributed by atoms with Crippen molar-refractivity contribution in [2.24, 2.45) is 11.7 Å². The Morgan fingerprint density at radius 3 is 2.12 bits per heavy atom. The van der Waals surface area contributed by atoms with Crippen molar-refractivity contribution in [3.05, 3.63) is 29.8 Å². The van der Waals surface area contributed by atoms with Crippen LogP contribution in [-0.2, 0) is 0 Å². The molecule has 1 atom stereocenters. The highest BCUT2D eigenvalue weighted by Crippen LogP contribution is 2.18. The van der Waals surface area contributed by atoms with Gasteiger partial charge in [-0.15, -0.1) is 24.8 Å². The molecule has 1 aromatic carbocycles. The fourth-order valence-electron chi connectivity index (χ4n) is 2.77. The maximum Gasteiger partial charge on any atom is 0.251 e. The Balaban J connectivity index is 0.00000288. The maximum atomic E-state index is 12.1. The number of hydrogen-bond donors (Lipinski definition) is 2.